The number of hydrogen-bond acceptors (Lipinski definition) is 23. The van der Waals surface area contributed by atoms with Crippen LogP contribution in [0.5, 0.6) is 0 Å². The van der Waals surface area contributed by atoms with Crippen LogP contribution < -0.4 is 129 Å². The molecular weight excluding hydrogens is 1040 g/mol. The molecule has 328 valence electrons. The van der Waals surface area contributed by atoms with Crippen LogP contribution in [0.25, 0.3) is 22.3 Å². The Labute approximate surface area is 465 Å². The molecule has 5 unspecified atom stereocenters. The number of rotatable bonds is 18. The Hall–Kier alpha value is 2.51. The minimum absolute atomic E-state index is 0. The molecule has 2 aliphatic heterocycles. The van der Waals surface area contributed by atoms with Gasteiger partial charge in [-0.2, -0.15) is 0 Å². The van der Waals surface area contributed by atoms with Crippen LogP contribution in [-0.2, 0) is 52.6 Å². The van der Waals surface area contributed by atoms with Crippen molar-refractivity contribution >= 4 is 110 Å². The van der Waals surface area contributed by atoms with Gasteiger partial charge >= 0.3 is 147 Å². The molecule has 4 aromatic heterocycles. The number of imidazole rings is 2. The molecule has 63 heavy (non-hydrogen) atoms. The second kappa shape index (κ2) is 25.3. The molecule has 2 fully saturated rings. The molecule has 13 atom stereocenters. The molecule has 0 aliphatic carbocycles. The number of ether oxygens (including phenoxy) is 2. The molecule has 4 aromatic rings. The largest absolute Gasteiger partial charge is 1.00 e. The minimum Gasteiger partial charge on any atom is -0.387 e. The zero-order valence-electron chi connectivity index (χ0n) is 34.1. The molecule has 0 amide bonds. The first-order valence-electron chi connectivity index (χ1n) is 16.8. The number of alkyl halides is 1. The summed E-state index contributed by atoms with van der Waals surface area (Å²) in [7, 11) is -9.87. The van der Waals surface area contributed by atoms with Gasteiger partial charge < -0.3 is 60.2 Å². The van der Waals surface area contributed by atoms with Crippen LogP contribution in [0.2, 0.25) is 0 Å². The Kier molecular flexibility index (Phi) is 24.7. The first-order valence-corrected chi connectivity index (χ1v) is 26.8. The van der Waals surface area contributed by atoms with E-state index in [-0.39, 0.29) is 141 Å². The summed E-state index contributed by atoms with van der Waals surface area (Å²) in [4.78, 5) is 53.7. The summed E-state index contributed by atoms with van der Waals surface area (Å²) < 4.78 is 72.3. The number of aliphatic hydroxyl groups is 4. The molecule has 26 nitrogen and oxygen atoms in total. The van der Waals surface area contributed by atoms with Crippen LogP contribution >= 0.6 is 64.3 Å². The molecule has 6 rings (SSSR count). The van der Waals surface area contributed by atoms with E-state index < -0.39 is 95.9 Å². The van der Waals surface area contributed by atoms with E-state index in [1.807, 2.05) is 6.92 Å². The SMILES string of the molecule is CCCSc1nc(NC)c2ncn([C@@H]3O[C@H](COP(O)(=S)OP(=O)(O)C(Cl)P(=O)(O)OP(=O)(S)OC[C@H]4O[C@@H](n5cnc6c(N)ncnc65)[C@H](O)[C@@H]4O)[C@@H](O)[C@H]3O)c2n1.[Na+].[Na+].[Na+].[Na+]. The summed E-state index contributed by atoms with van der Waals surface area (Å²) in [5, 5.41) is 46.2. The van der Waals surface area contributed by atoms with Crippen molar-refractivity contribution in [1.82, 2.24) is 39.0 Å². The van der Waals surface area contributed by atoms with E-state index in [1.165, 1.54) is 33.6 Å². The topological polar surface area (TPSA) is 373 Å². The molecule has 38 heteroatoms. The Morgan fingerprint density at radius 3 is 1.94 bits per heavy atom. The van der Waals surface area contributed by atoms with Gasteiger partial charge in [-0.05, 0) is 18.2 Å². The number of hydrogen-bond donors (Lipinski definition) is 10. The van der Waals surface area contributed by atoms with Crippen LogP contribution in [0.15, 0.2) is 24.1 Å². The van der Waals surface area contributed by atoms with E-state index in [0.29, 0.717) is 22.2 Å². The molecular formula is C25H37ClN10Na4O16P4S3+4. The third kappa shape index (κ3) is 14.4. The standard InChI is InChI=1S/C25H37ClN10O16P4S3.4Na/c1-3-4-59-25-33-19(28-2)13-21(34-25)36(9-32-13)23-17(40)15(38)11(50-23)6-48-56(46,58)52-54(43,44)24(26)53(41,42)51-55(45,57)47-5-10-14(37)16(39)22(49-10)35-8-31-12-18(27)29-7-30-20(12)35;;;;/h7-11,14-17,22-24,37-40H,3-6H2,1-2H3,(H,41,42)(H,43,44)(H,45,57)(H,46,58)(H2,27,29,30)(H,28,33,34);;;;/q;4*+1/t10-,11-,14-,15-,16-,17-,22-,23-,24?,55?,56?;;;;/m1..../s1. The van der Waals surface area contributed by atoms with E-state index in [9.17, 15) is 48.8 Å². The van der Waals surface area contributed by atoms with E-state index in [2.05, 4.69) is 56.1 Å². The van der Waals surface area contributed by atoms with Gasteiger partial charge in [0.15, 0.2) is 46.1 Å². The minimum atomic E-state index is -5.76. The average Bonchev–Trinajstić information content (AvgIpc) is 3.92. The Morgan fingerprint density at radius 2 is 1.38 bits per heavy atom. The Bertz CT molecular complexity index is 2390. The van der Waals surface area contributed by atoms with Gasteiger partial charge in [-0.15, -0.1) is 0 Å². The number of nitrogens with one attached hydrogen (secondary N) is 1. The van der Waals surface area contributed by atoms with Gasteiger partial charge in [-0.3, -0.25) is 22.8 Å². The van der Waals surface area contributed by atoms with Gasteiger partial charge in [0.25, 0.3) is 0 Å². The van der Waals surface area contributed by atoms with Crippen molar-refractivity contribution in [3.8, 4) is 0 Å². The molecule has 2 saturated heterocycles. The zero-order chi connectivity index (χ0) is 43.2. The second-order valence-electron chi connectivity index (χ2n) is 12.6. The van der Waals surface area contributed by atoms with Crippen LogP contribution in [0.4, 0.5) is 11.6 Å². The van der Waals surface area contributed by atoms with E-state index in [0.717, 1.165) is 12.7 Å². The van der Waals surface area contributed by atoms with Gasteiger partial charge in [-0.25, -0.2) is 43.1 Å². The van der Waals surface area contributed by atoms with Crippen molar-refractivity contribution in [3.63, 3.8) is 0 Å². The average molecular weight is 1080 g/mol. The maximum atomic E-state index is 13.1. The van der Waals surface area contributed by atoms with Crippen molar-refractivity contribution in [3.05, 3.63) is 19.0 Å². The van der Waals surface area contributed by atoms with E-state index in [1.54, 1.807) is 7.05 Å². The summed E-state index contributed by atoms with van der Waals surface area (Å²) in [5.41, 5.74) is 6.65. The van der Waals surface area contributed by atoms with Gasteiger partial charge in [-0.1, -0.05) is 42.5 Å². The fraction of sp³-hybridized carbons (Fsp3) is 0.600. The fourth-order valence-electron chi connectivity index (χ4n) is 5.70. The van der Waals surface area contributed by atoms with Crippen molar-refractivity contribution < 1.29 is 194 Å². The predicted molar refractivity (Wildman–Crippen MR) is 214 cm³/mol. The number of nitrogen functional groups attached to an aromatic ring is 1. The molecule has 0 spiro atoms. The zero-order valence-corrected chi connectivity index (χ0v) is 49.0. The van der Waals surface area contributed by atoms with Gasteiger partial charge in [0.1, 0.15) is 48.5 Å². The van der Waals surface area contributed by atoms with Crippen LogP contribution in [0.1, 0.15) is 25.8 Å². The number of halogens is 1. The molecule has 0 aromatic carbocycles. The van der Waals surface area contributed by atoms with Crippen molar-refractivity contribution in [2.45, 2.75) is 72.4 Å². The maximum Gasteiger partial charge on any atom is 1.00 e. The van der Waals surface area contributed by atoms with Gasteiger partial charge in [0.05, 0.1) is 25.9 Å². The number of aromatic nitrogens is 8. The molecule has 10 N–H and O–H groups in total. The molecule has 0 radical (unpaired) electrons. The molecule has 2 aliphatic rings. The number of fused-ring (bicyclic) bond motifs is 2. The number of nitrogens with zero attached hydrogens (tertiary/aromatic N) is 8. The number of nitrogens with two attached hydrogens (primary N) is 1. The summed E-state index contributed by atoms with van der Waals surface area (Å²) in [6, 6.07) is 0. The number of anilines is 2. The smallest absolute Gasteiger partial charge is 0.387 e. The first kappa shape index (κ1) is 61.6. The summed E-state index contributed by atoms with van der Waals surface area (Å²) in [6.45, 7) is -9.69. The quantitative estimate of drug-likeness (QED) is 0.0110. The van der Waals surface area contributed by atoms with Crippen LogP contribution in [0.3, 0.4) is 0 Å². The predicted octanol–water partition coefficient (Wildman–Crippen LogP) is -10.7. The Balaban J connectivity index is 0.00000341. The fourth-order valence-corrected chi connectivity index (χ4v) is 15.5. The van der Waals surface area contributed by atoms with Crippen molar-refractivity contribution in [2.75, 3.05) is 37.1 Å². The summed E-state index contributed by atoms with van der Waals surface area (Å²) >= 11 is 15.6. The Morgan fingerprint density at radius 1 is 0.857 bits per heavy atom. The third-order valence-electron chi connectivity index (χ3n) is 8.47. The van der Waals surface area contributed by atoms with Crippen LogP contribution in [0, 0.1) is 0 Å². The van der Waals surface area contributed by atoms with Crippen molar-refractivity contribution in [2.24, 2.45) is 0 Å². The molecule has 0 saturated carbocycles. The third-order valence-corrected chi connectivity index (χ3v) is 20.2. The van der Waals surface area contributed by atoms with E-state index >= 15 is 0 Å². The first-order chi connectivity index (χ1) is 27.6. The summed E-state index contributed by atoms with van der Waals surface area (Å²) in [6.07, 6.45) is -7.71. The normalized spacial score (nSPS) is 27.7. The van der Waals surface area contributed by atoms with Gasteiger partial charge in [0, 0.05) is 12.8 Å². The monoisotopic (exact) mass is 1080 g/mol. The second-order valence-corrected chi connectivity index (χ2v) is 24.9. The van der Waals surface area contributed by atoms with Crippen molar-refractivity contribution in [1.29, 1.82) is 0 Å². The number of aliphatic hydroxyl groups excluding tert-OH is 4. The maximum absolute atomic E-state index is 13.1. The number of thioether (sulfide) groups is 1. The van der Waals surface area contributed by atoms with E-state index in [4.69, 9.17) is 47.7 Å². The van der Waals surface area contributed by atoms with Gasteiger partial charge in [0.2, 0.25) is 4.86 Å². The number of thiol groups is 1. The summed E-state index contributed by atoms with van der Waals surface area (Å²) in [5.74, 6) is 1.13. The van der Waals surface area contributed by atoms with Crippen LogP contribution in [-0.4, -0.2) is 142 Å². The molecule has 6 heterocycles. The molecule has 0 bridgehead atoms.